The minimum Gasteiger partial charge on any atom is -0.261 e. The predicted octanol–water partition coefficient (Wildman–Crippen LogP) is 6.58. The van der Waals surface area contributed by atoms with E-state index in [1.807, 2.05) is 108 Å². The number of benzene rings is 3. The Bertz CT molecular complexity index is 1280. The molecule has 1 aliphatic rings. The van der Waals surface area contributed by atoms with Gasteiger partial charge in [0, 0.05) is 17.3 Å². The third-order valence-electron chi connectivity index (χ3n) is 4.91. The van der Waals surface area contributed by atoms with E-state index in [9.17, 15) is 4.79 Å². The second kappa shape index (κ2) is 8.34. The highest BCUT2D eigenvalue weighted by Crippen LogP contribution is 2.38. The zero-order valence-corrected chi connectivity index (χ0v) is 18.0. The summed E-state index contributed by atoms with van der Waals surface area (Å²) >= 11 is 6.82. The molecular formula is C25H17N3OS2. The van der Waals surface area contributed by atoms with Crippen molar-refractivity contribution in [1.82, 2.24) is 9.78 Å². The number of hydrogen-bond acceptors (Lipinski definition) is 4. The van der Waals surface area contributed by atoms with Crippen molar-refractivity contribution < 1.29 is 4.79 Å². The van der Waals surface area contributed by atoms with Crippen molar-refractivity contribution in [3.63, 3.8) is 0 Å². The lowest BCUT2D eigenvalue weighted by molar-refractivity contribution is 0.268. The van der Waals surface area contributed by atoms with Crippen LogP contribution in [-0.2, 0) is 0 Å². The van der Waals surface area contributed by atoms with Crippen LogP contribution >= 0.6 is 24.0 Å². The molecule has 0 bridgehead atoms. The molecule has 5 rings (SSSR count). The zero-order valence-electron chi connectivity index (χ0n) is 16.4. The number of carbonyl (C=O) groups is 1. The Morgan fingerprint density at radius 1 is 0.806 bits per heavy atom. The van der Waals surface area contributed by atoms with Crippen molar-refractivity contribution in [2.45, 2.75) is 0 Å². The lowest BCUT2D eigenvalue weighted by Crippen LogP contribution is -2.26. The van der Waals surface area contributed by atoms with Crippen LogP contribution in [0.5, 0.6) is 0 Å². The van der Waals surface area contributed by atoms with E-state index < -0.39 is 0 Å². The Labute approximate surface area is 189 Å². The minimum absolute atomic E-state index is 0.0980. The van der Waals surface area contributed by atoms with Crippen LogP contribution in [0.25, 0.3) is 23.0 Å². The average Bonchev–Trinajstić information content (AvgIpc) is 3.36. The molecule has 0 radical (unpaired) electrons. The first-order chi connectivity index (χ1) is 15.2. The Kier molecular flexibility index (Phi) is 5.24. The van der Waals surface area contributed by atoms with Crippen LogP contribution in [0.15, 0.2) is 102 Å². The molecule has 150 valence electrons. The van der Waals surface area contributed by atoms with E-state index in [1.54, 1.807) is 4.90 Å². The maximum atomic E-state index is 12.7. The molecule has 0 spiro atoms. The first-order valence-electron chi connectivity index (χ1n) is 9.74. The van der Waals surface area contributed by atoms with Gasteiger partial charge in [-0.25, -0.2) is 4.68 Å². The molecule has 6 heteroatoms. The number of hydrogen-bond donors (Lipinski definition) is 0. The summed E-state index contributed by atoms with van der Waals surface area (Å²) in [5, 5.41) is 4.74. The predicted molar refractivity (Wildman–Crippen MR) is 131 cm³/mol. The fraction of sp³-hybridized carbons (Fsp3) is 0. The Morgan fingerprint density at radius 2 is 1.39 bits per heavy atom. The standard InChI is InChI=1S/C25H17N3OS2/c29-25-28(21-14-8-3-9-15-21)24(30)22(31-25)16-19-17-27(20-12-6-2-7-13-20)26-23(19)18-10-4-1-5-11-18/h1-17H. The van der Waals surface area contributed by atoms with Crippen LogP contribution < -0.4 is 4.90 Å². The number of para-hydroxylation sites is 2. The Balaban J connectivity index is 1.58. The van der Waals surface area contributed by atoms with Crippen molar-refractivity contribution in [2.75, 3.05) is 4.90 Å². The number of amides is 1. The fourth-order valence-electron chi connectivity index (χ4n) is 3.43. The number of aromatic nitrogens is 2. The topological polar surface area (TPSA) is 38.1 Å². The molecule has 0 atom stereocenters. The molecule has 0 N–H and O–H groups in total. The van der Waals surface area contributed by atoms with E-state index in [0.29, 0.717) is 4.99 Å². The Hall–Kier alpha value is -3.48. The molecule has 4 nitrogen and oxygen atoms in total. The molecule has 0 saturated carbocycles. The van der Waals surface area contributed by atoms with E-state index >= 15 is 0 Å². The third kappa shape index (κ3) is 3.83. The van der Waals surface area contributed by atoms with Gasteiger partial charge in [-0.2, -0.15) is 5.10 Å². The van der Waals surface area contributed by atoms with Crippen LogP contribution in [-0.4, -0.2) is 20.0 Å². The maximum absolute atomic E-state index is 12.7. The van der Waals surface area contributed by atoms with Crippen LogP contribution in [0.4, 0.5) is 10.5 Å². The summed E-state index contributed by atoms with van der Waals surface area (Å²) in [7, 11) is 0. The average molecular weight is 440 g/mol. The summed E-state index contributed by atoms with van der Waals surface area (Å²) in [6.45, 7) is 0. The highest BCUT2D eigenvalue weighted by Gasteiger charge is 2.33. The maximum Gasteiger partial charge on any atom is 0.296 e. The highest BCUT2D eigenvalue weighted by atomic mass is 32.2. The summed E-state index contributed by atoms with van der Waals surface area (Å²) in [4.78, 5) is 15.5. The first-order valence-corrected chi connectivity index (χ1v) is 11.0. The number of thioether (sulfide) groups is 1. The molecule has 3 aromatic carbocycles. The van der Waals surface area contributed by atoms with Gasteiger partial charge in [-0.05, 0) is 42.1 Å². The molecule has 1 saturated heterocycles. The Morgan fingerprint density at radius 3 is 2.03 bits per heavy atom. The fourth-order valence-corrected chi connectivity index (χ4v) is 4.71. The quantitative estimate of drug-likeness (QED) is 0.266. The van der Waals surface area contributed by atoms with E-state index in [1.165, 1.54) is 0 Å². The van der Waals surface area contributed by atoms with Gasteiger partial charge in [0.2, 0.25) is 0 Å². The van der Waals surface area contributed by atoms with Gasteiger partial charge >= 0.3 is 0 Å². The van der Waals surface area contributed by atoms with Crippen molar-refractivity contribution in [3.8, 4) is 16.9 Å². The van der Waals surface area contributed by atoms with Gasteiger partial charge in [0.05, 0.1) is 22.0 Å². The van der Waals surface area contributed by atoms with Crippen molar-refractivity contribution in [3.05, 3.63) is 108 Å². The molecule has 2 heterocycles. The highest BCUT2D eigenvalue weighted by molar-refractivity contribution is 8.20. The minimum atomic E-state index is -0.0980. The molecule has 0 aliphatic carbocycles. The van der Waals surface area contributed by atoms with Crippen LogP contribution in [0.3, 0.4) is 0 Å². The van der Waals surface area contributed by atoms with E-state index in [0.717, 1.165) is 44.9 Å². The van der Waals surface area contributed by atoms with Gasteiger partial charge in [-0.1, -0.05) is 78.9 Å². The van der Waals surface area contributed by atoms with Gasteiger partial charge in [-0.3, -0.25) is 9.69 Å². The molecule has 31 heavy (non-hydrogen) atoms. The van der Waals surface area contributed by atoms with E-state index in [2.05, 4.69) is 0 Å². The molecule has 1 aromatic heterocycles. The van der Waals surface area contributed by atoms with Gasteiger partial charge in [0.15, 0.2) is 0 Å². The molecule has 1 amide bonds. The lowest BCUT2D eigenvalue weighted by atomic mass is 10.1. The van der Waals surface area contributed by atoms with E-state index in [-0.39, 0.29) is 5.24 Å². The van der Waals surface area contributed by atoms with E-state index in [4.69, 9.17) is 17.3 Å². The van der Waals surface area contributed by atoms with Gasteiger partial charge < -0.3 is 0 Å². The van der Waals surface area contributed by atoms with Crippen molar-refractivity contribution >= 4 is 46.0 Å². The second-order valence-corrected chi connectivity index (χ2v) is 8.31. The number of rotatable bonds is 4. The summed E-state index contributed by atoms with van der Waals surface area (Å²) in [6.07, 6.45) is 3.94. The summed E-state index contributed by atoms with van der Waals surface area (Å²) < 4.78 is 1.86. The molecule has 1 fully saturated rings. The summed E-state index contributed by atoms with van der Waals surface area (Å²) in [6, 6.07) is 29.5. The van der Waals surface area contributed by atoms with Crippen LogP contribution in [0.1, 0.15) is 5.56 Å². The summed E-state index contributed by atoms with van der Waals surface area (Å²) in [5.41, 5.74) is 4.49. The lowest BCUT2D eigenvalue weighted by Gasteiger charge is -2.14. The zero-order chi connectivity index (χ0) is 21.2. The first kappa shape index (κ1) is 19.5. The number of thiocarbonyl (C=S) groups is 1. The number of carbonyl (C=O) groups excluding carboxylic acids is 1. The van der Waals surface area contributed by atoms with Gasteiger partial charge in [-0.15, -0.1) is 0 Å². The summed E-state index contributed by atoms with van der Waals surface area (Å²) in [5.74, 6) is 0. The SMILES string of the molecule is O=C1SC(=Cc2cn(-c3ccccc3)nc2-c2ccccc2)C(=S)N1c1ccccc1. The largest absolute Gasteiger partial charge is 0.296 e. The molecule has 0 unspecified atom stereocenters. The molecule has 4 aromatic rings. The van der Waals surface area contributed by atoms with Gasteiger partial charge in [0.25, 0.3) is 5.24 Å². The normalized spacial score (nSPS) is 15.1. The second-order valence-electron chi connectivity index (χ2n) is 6.93. The van der Waals surface area contributed by atoms with Crippen molar-refractivity contribution in [2.24, 2.45) is 0 Å². The van der Waals surface area contributed by atoms with Crippen molar-refractivity contribution in [1.29, 1.82) is 0 Å². The third-order valence-corrected chi connectivity index (χ3v) is 6.33. The smallest absolute Gasteiger partial charge is 0.261 e. The number of anilines is 1. The van der Waals surface area contributed by atoms with Gasteiger partial charge in [0.1, 0.15) is 4.99 Å². The molecular weight excluding hydrogens is 422 g/mol. The van der Waals surface area contributed by atoms with Crippen LogP contribution in [0.2, 0.25) is 0 Å². The van der Waals surface area contributed by atoms with Crippen LogP contribution in [0, 0.1) is 0 Å². The molecule has 1 aliphatic heterocycles. The number of nitrogens with zero attached hydrogens (tertiary/aromatic N) is 3. The monoisotopic (exact) mass is 439 g/mol.